The summed E-state index contributed by atoms with van der Waals surface area (Å²) in [5, 5.41) is 4.32. The maximum Gasteiger partial charge on any atom is 0.341 e. The number of hydrogen-bond acceptors (Lipinski definition) is 6. The average Bonchev–Trinajstić information content (AvgIpc) is 2.82. The van der Waals surface area contributed by atoms with Gasteiger partial charge < -0.3 is 15.4 Å². The Morgan fingerprint density at radius 1 is 0.853 bits per heavy atom. The van der Waals surface area contributed by atoms with Crippen molar-refractivity contribution in [1.29, 1.82) is 0 Å². The van der Waals surface area contributed by atoms with Crippen LogP contribution in [-0.4, -0.2) is 34.1 Å². The van der Waals surface area contributed by atoms with Gasteiger partial charge in [0.2, 0.25) is 5.91 Å². The largest absolute Gasteiger partial charge is 0.449 e. The molecule has 0 radical (unpaired) electrons. The molecule has 0 saturated carbocycles. The molecule has 0 aliphatic heterocycles. The van der Waals surface area contributed by atoms with Crippen LogP contribution in [0.4, 0.5) is 20.2 Å². The van der Waals surface area contributed by atoms with Gasteiger partial charge in [-0.2, -0.15) is 0 Å². The smallest absolute Gasteiger partial charge is 0.341 e. The Hall–Kier alpha value is -3.79. The van der Waals surface area contributed by atoms with Crippen molar-refractivity contribution >= 4 is 40.9 Å². The minimum Gasteiger partial charge on any atom is -0.449 e. The van der Waals surface area contributed by atoms with Crippen molar-refractivity contribution in [3.8, 4) is 0 Å². The number of nitrogens with zero attached hydrogens (tertiary/aromatic N) is 1. The first kappa shape index (κ1) is 24.8. The van der Waals surface area contributed by atoms with Gasteiger partial charge in [0.25, 0.3) is 5.91 Å². The normalized spacial score (nSPS) is 12.4. The van der Waals surface area contributed by atoms with E-state index < -0.39 is 40.8 Å². The number of thioether (sulfide) groups is 1. The number of anilines is 2. The highest BCUT2D eigenvalue weighted by molar-refractivity contribution is 8.00. The molecule has 0 aliphatic rings. The van der Waals surface area contributed by atoms with E-state index in [4.69, 9.17) is 4.74 Å². The van der Waals surface area contributed by atoms with Crippen molar-refractivity contribution < 1.29 is 27.9 Å². The molecule has 2 N–H and O–H groups in total. The molecular weight excluding hydrogens is 464 g/mol. The number of aromatic nitrogens is 1. The van der Waals surface area contributed by atoms with Gasteiger partial charge in [-0.05, 0) is 50.2 Å². The number of rotatable bonds is 8. The fraction of sp³-hybridized carbons (Fsp3) is 0.167. The highest BCUT2D eigenvalue weighted by atomic mass is 32.2. The zero-order chi connectivity index (χ0) is 24.7. The van der Waals surface area contributed by atoms with E-state index in [1.54, 1.807) is 19.1 Å². The van der Waals surface area contributed by atoms with Crippen LogP contribution in [0, 0.1) is 11.6 Å². The number of halogens is 2. The van der Waals surface area contributed by atoms with Crippen LogP contribution < -0.4 is 10.6 Å². The first-order valence-electron chi connectivity index (χ1n) is 10.2. The SMILES string of the molecule is C[C@H](Sc1ncccc1C(=O)O[C@H](C)C(=O)Nc1ccccc1F)C(=O)Nc1ccccc1F. The lowest BCUT2D eigenvalue weighted by Crippen LogP contribution is -2.30. The van der Waals surface area contributed by atoms with Crippen LogP contribution in [0.3, 0.4) is 0 Å². The molecule has 0 aliphatic carbocycles. The van der Waals surface area contributed by atoms with E-state index in [0.717, 1.165) is 11.8 Å². The number of nitrogens with one attached hydrogen (secondary N) is 2. The van der Waals surface area contributed by atoms with Gasteiger partial charge in [-0.3, -0.25) is 9.59 Å². The van der Waals surface area contributed by atoms with E-state index in [2.05, 4.69) is 15.6 Å². The molecule has 2 amide bonds. The quantitative estimate of drug-likeness (QED) is 0.356. The van der Waals surface area contributed by atoms with E-state index >= 15 is 0 Å². The number of hydrogen-bond donors (Lipinski definition) is 2. The first-order valence-corrected chi connectivity index (χ1v) is 11.1. The van der Waals surface area contributed by atoms with E-state index in [1.165, 1.54) is 61.7 Å². The third kappa shape index (κ3) is 6.38. The first-order chi connectivity index (χ1) is 16.3. The fourth-order valence-electron chi connectivity index (χ4n) is 2.73. The number of benzene rings is 2. The molecule has 34 heavy (non-hydrogen) atoms. The Labute approximate surface area is 198 Å². The molecular formula is C24H21F2N3O4S. The Morgan fingerprint density at radius 2 is 1.41 bits per heavy atom. The molecule has 0 unspecified atom stereocenters. The van der Waals surface area contributed by atoms with Gasteiger partial charge >= 0.3 is 5.97 Å². The number of carbonyl (C=O) groups excluding carboxylic acids is 3. The monoisotopic (exact) mass is 485 g/mol. The zero-order valence-electron chi connectivity index (χ0n) is 18.2. The lowest BCUT2D eigenvalue weighted by atomic mass is 10.2. The summed E-state index contributed by atoms with van der Waals surface area (Å²) < 4.78 is 32.8. The molecule has 2 atom stereocenters. The molecule has 0 bridgehead atoms. The molecule has 176 valence electrons. The van der Waals surface area contributed by atoms with E-state index in [0.29, 0.717) is 0 Å². The molecule has 0 fully saturated rings. The molecule has 7 nitrogen and oxygen atoms in total. The molecule has 2 aromatic carbocycles. The van der Waals surface area contributed by atoms with Crippen LogP contribution in [-0.2, 0) is 14.3 Å². The molecule has 10 heteroatoms. The van der Waals surface area contributed by atoms with Crippen molar-refractivity contribution in [3.05, 3.63) is 84.1 Å². The number of amides is 2. The maximum atomic E-state index is 13.8. The Kier molecular flexibility index (Phi) is 8.31. The van der Waals surface area contributed by atoms with Crippen LogP contribution in [0.15, 0.2) is 71.9 Å². The minimum absolute atomic E-state index is 0.0373. The molecule has 3 rings (SSSR count). The van der Waals surface area contributed by atoms with Crippen LogP contribution in [0.5, 0.6) is 0 Å². The van der Waals surface area contributed by atoms with Crippen molar-refractivity contribution in [2.24, 2.45) is 0 Å². The van der Waals surface area contributed by atoms with Gasteiger partial charge in [0.1, 0.15) is 16.7 Å². The highest BCUT2D eigenvalue weighted by Gasteiger charge is 2.24. The number of carbonyl (C=O) groups is 3. The summed E-state index contributed by atoms with van der Waals surface area (Å²) in [5.41, 5.74) is 0.0431. The van der Waals surface area contributed by atoms with Gasteiger partial charge in [-0.25, -0.2) is 18.6 Å². The lowest BCUT2D eigenvalue weighted by molar-refractivity contribution is -0.123. The van der Waals surface area contributed by atoms with Crippen LogP contribution >= 0.6 is 11.8 Å². The average molecular weight is 486 g/mol. The summed E-state index contributed by atoms with van der Waals surface area (Å²) in [7, 11) is 0. The van der Waals surface area contributed by atoms with E-state index in [-0.39, 0.29) is 22.0 Å². The number of ether oxygens (including phenoxy) is 1. The minimum atomic E-state index is -1.23. The second kappa shape index (κ2) is 11.4. The van der Waals surface area contributed by atoms with Crippen LogP contribution in [0.25, 0.3) is 0 Å². The van der Waals surface area contributed by atoms with Gasteiger partial charge in [0.05, 0.1) is 22.2 Å². The molecule has 0 saturated heterocycles. The molecule has 1 heterocycles. The molecule has 3 aromatic rings. The topological polar surface area (TPSA) is 97.4 Å². The Balaban J connectivity index is 1.65. The summed E-state index contributed by atoms with van der Waals surface area (Å²) in [4.78, 5) is 41.7. The third-order valence-electron chi connectivity index (χ3n) is 4.57. The van der Waals surface area contributed by atoms with Crippen molar-refractivity contribution in [2.45, 2.75) is 30.2 Å². The van der Waals surface area contributed by atoms with Crippen molar-refractivity contribution in [3.63, 3.8) is 0 Å². The summed E-state index contributed by atoms with van der Waals surface area (Å²) in [6, 6.07) is 14.3. The molecule has 0 spiro atoms. The maximum absolute atomic E-state index is 13.8. The number of esters is 1. The lowest BCUT2D eigenvalue weighted by Gasteiger charge is -2.16. The van der Waals surface area contributed by atoms with Crippen LogP contribution in [0.2, 0.25) is 0 Å². The van der Waals surface area contributed by atoms with Gasteiger partial charge in [0, 0.05) is 6.20 Å². The zero-order valence-corrected chi connectivity index (χ0v) is 19.1. The fourth-order valence-corrected chi connectivity index (χ4v) is 3.63. The summed E-state index contributed by atoms with van der Waals surface area (Å²) in [6.07, 6.45) is 0.210. The van der Waals surface area contributed by atoms with Gasteiger partial charge in [-0.15, -0.1) is 0 Å². The Morgan fingerprint density at radius 3 is 2.00 bits per heavy atom. The van der Waals surface area contributed by atoms with Crippen LogP contribution in [0.1, 0.15) is 24.2 Å². The van der Waals surface area contributed by atoms with Gasteiger partial charge in [0.15, 0.2) is 6.10 Å². The third-order valence-corrected chi connectivity index (χ3v) is 5.68. The van der Waals surface area contributed by atoms with Crippen molar-refractivity contribution in [1.82, 2.24) is 4.98 Å². The highest BCUT2D eigenvalue weighted by Crippen LogP contribution is 2.27. The van der Waals surface area contributed by atoms with Gasteiger partial charge in [-0.1, -0.05) is 36.0 Å². The standard InChI is InChI=1S/C24H21F2N3O4S/c1-14(21(30)28-19-11-5-3-9-17(19)25)33-24(32)16-8-7-13-27-23(16)34-15(2)22(31)29-20-12-6-4-10-18(20)26/h3-15H,1-2H3,(H,28,30)(H,29,31)/t14-,15+/m1/s1. The second-order valence-corrected chi connectivity index (χ2v) is 8.43. The Bertz CT molecular complexity index is 1210. The van der Waals surface area contributed by atoms with E-state index in [9.17, 15) is 23.2 Å². The van der Waals surface area contributed by atoms with E-state index in [1.807, 2.05) is 0 Å². The summed E-state index contributed by atoms with van der Waals surface area (Å²) in [5.74, 6) is -3.24. The molecule has 1 aromatic heterocycles. The summed E-state index contributed by atoms with van der Waals surface area (Å²) in [6.45, 7) is 2.93. The number of para-hydroxylation sites is 2. The predicted molar refractivity (Wildman–Crippen MR) is 124 cm³/mol. The number of pyridine rings is 1. The van der Waals surface area contributed by atoms with Crippen molar-refractivity contribution in [2.75, 3.05) is 10.6 Å². The predicted octanol–water partition coefficient (Wildman–Crippen LogP) is 4.66. The summed E-state index contributed by atoms with van der Waals surface area (Å²) >= 11 is 0.975. The second-order valence-electron chi connectivity index (χ2n) is 7.10.